The maximum atomic E-state index is 13.2. The Hall–Kier alpha value is -2.82. The topological polar surface area (TPSA) is 49.9 Å². The van der Waals surface area contributed by atoms with E-state index in [0.29, 0.717) is 12.5 Å². The monoisotopic (exact) mass is 434 g/mol. The zero-order valence-corrected chi connectivity index (χ0v) is 19.0. The molecule has 5 heteroatoms. The smallest absolute Gasteiger partial charge is 0.253 e. The van der Waals surface area contributed by atoms with E-state index in [9.17, 15) is 9.59 Å². The molecule has 2 unspecified atom stereocenters. The molecule has 2 atom stereocenters. The second-order valence-corrected chi connectivity index (χ2v) is 9.00. The second-order valence-electron chi connectivity index (χ2n) is 9.00. The van der Waals surface area contributed by atoms with E-state index < -0.39 is 0 Å². The third kappa shape index (κ3) is 5.32. The summed E-state index contributed by atoms with van der Waals surface area (Å²) in [5.74, 6) is 1.37. The van der Waals surface area contributed by atoms with E-state index in [2.05, 4.69) is 19.1 Å². The van der Waals surface area contributed by atoms with Crippen LogP contribution in [-0.4, -0.2) is 54.4 Å². The number of benzene rings is 2. The van der Waals surface area contributed by atoms with E-state index in [1.165, 1.54) is 0 Å². The molecule has 2 aromatic rings. The van der Waals surface area contributed by atoms with Gasteiger partial charge in [-0.05, 0) is 61.9 Å². The van der Waals surface area contributed by atoms with Gasteiger partial charge < -0.3 is 14.5 Å². The third-order valence-corrected chi connectivity index (χ3v) is 6.72. The van der Waals surface area contributed by atoms with Crippen molar-refractivity contribution in [2.24, 2.45) is 5.92 Å². The van der Waals surface area contributed by atoms with Crippen LogP contribution in [0.2, 0.25) is 0 Å². The van der Waals surface area contributed by atoms with Crippen molar-refractivity contribution < 1.29 is 14.3 Å². The van der Waals surface area contributed by atoms with Gasteiger partial charge in [0, 0.05) is 37.7 Å². The number of piperidine rings is 1. The van der Waals surface area contributed by atoms with E-state index in [1.807, 2.05) is 52.3 Å². The fourth-order valence-corrected chi connectivity index (χ4v) is 4.87. The van der Waals surface area contributed by atoms with Gasteiger partial charge in [0.05, 0.1) is 12.5 Å². The highest BCUT2D eigenvalue weighted by Gasteiger charge is 2.29. The average molecular weight is 435 g/mol. The predicted molar refractivity (Wildman–Crippen MR) is 126 cm³/mol. The number of ether oxygens (including phenoxy) is 1. The first-order valence-corrected chi connectivity index (χ1v) is 12.0. The molecule has 170 valence electrons. The first-order chi connectivity index (χ1) is 15.7. The van der Waals surface area contributed by atoms with Gasteiger partial charge in [-0.25, -0.2) is 0 Å². The Kier molecular flexibility index (Phi) is 7.46. The number of amides is 2. The van der Waals surface area contributed by atoms with Crippen molar-refractivity contribution in [3.63, 3.8) is 0 Å². The van der Waals surface area contributed by atoms with E-state index in [0.717, 1.165) is 75.2 Å². The molecular formula is C27H34N2O3. The first-order valence-electron chi connectivity index (χ1n) is 12.0. The summed E-state index contributed by atoms with van der Waals surface area (Å²) in [6, 6.07) is 17.6. The normalized spacial score (nSPS) is 19.6. The number of carbonyl (C=O) groups is 2. The van der Waals surface area contributed by atoms with Crippen molar-refractivity contribution in [1.82, 2.24) is 9.80 Å². The van der Waals surface area contributed by atoms with Crippen LogP contribution < -0.4 is 4.74 Å². The Morgan fingerprint density at radius 2 is 1.62 bits per heavy atom. The van der Waals surface area contributed by atoms with Gasteiger partial charge in [0.1, 0.15) is 5.75 Å². The lowest BCUT2D eigenvalue weighted by atomic mass is 9.92. The first kappa shape index (κ1) is 22.4. The molecule has 4 rings (SSSR count). The largest absolute Gasteiger partial charge is 0.493 e. The van der Waals surface area contributed by atoms with Gasteiger partial charge in [0.2, 0.25) is 5.91 Å². The van der Waals surface area contributed by atoms with Crippen LogP contribution in [0.25, 0.3) is 0 Å². The van der Waals surface area contributed by atoms with Gasteiger partial charge in [0.25, 0.3) is 5.91 Å². The minimum Gasteiger partial charge on any atom is -0.493 e. The second kappa shape index (κ2) is 10.7. The predicted octanol–water partition coefficient (Wildman–Crippen LogP) is 4.73. The molecule has 32 heavy (non-hydrogen) atoms. The molecule has 2 aliphatic heterocycles. The highest BCUT2D eigenvalue weighted by Crippen LogP contribution is 2.26. The van der Waals surface area contributed by atoms with E-state index in [-0.39, 0.29) is 17.7 Å². The quantitative estimate of drug-likeness (QED) is 0.633. The minimum atomic E-state index is -0.0726. The highest BCUT2D eigenvalue weighted by atomic mass is 16.5. The Bertz CT molecular complexity index is 891. The fraction of sp³-hybridized carbons (Fsp3) is 0.481. The lowest BCUT2D eigenvalue weighted by Crippen LogP contribution is -2.43. The summed E-state index contributed by atoms with van der Waals surface area (Å²) in [6.45, 7) is 5.96. The van der Waals surface area contributed by atoms with Crippen LogP contribution in [0.3, 0.4) is 0 Å². The molecule has 0 bridgehead atoms. The fourth-order valence-electron chi connectivity index (χ4n) is 4.87. The third-order valence-electron chi connectivity index (χ3n) is 6.72. The molecule has 2 aliphatic rings. The van der Waals surface area contributed by atoms with Gasteiger partial charge in [-0.15, -0.1) is 0 Å². The van der Waals surface area contributed by atoms with Crippen LogP contribution in [0.1, 0.15) is 60.9 Å². The molecule has 2 fully saturated rings. The molecule has 0 aromatic heterocycles. The molecule has 0 radical (unpaired) electrons. The molecular weight excluding hydrogens is 400 g/mol. The van der Waals surface area contributed by atoms with Crippen LogP contribution in [0.4, 0.5) is 0 Å². The molecule has 0 aliphatic carbocycles. The van der Waals surface area contributed by atoms with Crippen molar-refractivity contribution in [2.45, 2.75) is 44.9 Å². The number of likely N-dealkylation sites (tertiary alicyclic amines) is 2. The summed E-state index contributed by atoms with van der Waals surface area (Å²) < 4.78 is 6.04. The number of carbonyl (C=O) groups excluding carboxylic acids is 2. The SMILES string of the molecule is CCC(C(=O)N1CCCC(COc2ccc(C(=O)N3CCCC3)cc2)C1)c1ccccc1. The van der Waals surface area contributed by atoms with Crippen LogP contribution in [0.5, 0.6) is 5.75 Å². The molecule has 2 amide bonds. The number of nitrogens with zero attached hydrogens (tertiary/aromatic N) is 2. The van der Waals surface area contributed by atoms with Gasteiger partial charge in [-0.2, -0.15) is 0 Å². The minimum absolute atomic E-state index is 0.0726. The molecule has 0 N–H and O–H groups in total. The molecule has 2 heterocycles. The summed E-state index contributed by atoms with van der Waals surface area (Å²) in [7, 11) is 0. The Morgan fingerprint density at radius 3 is 2.31 bits per heavy atom. The molecule has 2 aromatic carbocycles. The van der Waals surface area contributed by atoms with Crippen LogP contribution in [0, 0.1) is 5.92 Å². The van der Waals surface area contributed by atoms with Crippen molar-refractivity contribution in [3.05, 3.63) is 65.7 Å². The highest BCUT2D eigenvalue weighted by molar-refractivity contribution is 5.94. The summed E-state index contributed by atoms with van der Waals surface area (Å²) in [5, 5.41) is 0. The van der Waals surface area contributed by atoms with Gasteiger partial charge in [0.15, 0.2) is 0 Å². The van der Waals surface area contributed by atoms with Gasteiger partial charge in [-0.1, -0.05) is 37.3 Å². The van der Waals surface area contributed by atoms with Crippen molar-refractivity contribution >= 4 is 11.8 Å². The zero-order chi connectivity index (χ0) is 22.3. The zero-order valence-electron chi connectivity index (χ0n) is 19.0. The molecule has 0 saturated carbocycles. The standard InChI is InChI=1S/C27H34N2O3/c1-2-25(22-10-4-3-5-11-22)27(31)29-18-8-9-21(19-29)20-32-24-14-12-23(13-15-24)26(30)28-16-6-7-17-28/h3-5,10-15,21,25H,2,6-9,16-20H2,1H3. The van der Waals surface area contributed by atoms with E-state index >= 15 is 0 Å². The van der Waals surface area contributed by atoms with Crippen LogP contribution in [0.15, 0.2) is 54.6 Å². The maximum Gasteiger partial charge on any atom is 0.253 e. The van der Waals surface area contributed by atoms with Gasteiger partial charge in [-0.3, -0.25) is 9.59 Å². The molecule has 0 spiro atoms. The lowest BCUT2D eigenvalue weighted by molar-refractivity contribution is -0.135. The average Bonchev–Trinajstić information content (AvgIpc) is 3.39. The molecule has 5 nitrogen and oxygen atoms in total. The summed E-state index contributed by atoms with van der Waals surface area (Å²) in [4.78, 5) is 29.6. The van der Waals surface area contributed by atoms with Crippen molar-refractivity contribution in [1.29, 1.82) is 0 Å². The number of rotatable bonds is 7. The van der Waals surface area contributed by atoms with E-state index in [1.54, 1.807) is 0 Å². The Morgan fingerprint density at radius 1 is 0.938 bits per heavy atom. The molecule has 2 saturated heterocycles. The summed E-state index contributed by atoms with van der Waals surface area (Å²) in [6.07, 6.45) is 5.07. The Balaban J connectivity index is 1.30. The van der Waals surface area contributed by atoms with E-state index in [4.69, 9.17) is 4.74 Å². The maximum absolute atomic E-state index is 13.2. The van der Waals surface area contributed by atoms with Crippen LogP contribution >= 0.6 is 0 Å². The van der Waals surface area contributed by atoms with Crippen molar-refractivity contribution in [2.75, 3.05) is 32.8 Å². The summed E-state index contributed by atoms with van der Waals surface area (Å²) in [5.41, 5.74) is 1.82. The Labute approximate surface area is 191 Å². The van der Waals surface area contributed by atoms with Crippen molar-refractivity contribution in [3.8, 4) is 5.75 Å². The summed E-state index contributed by atoms with van der Waals surface area (Å²) >= 11 is 0. The number of hydrogen-bond donors (Lipinski definition) is 0. The van der Waals surface area contributed by atoms with Crippen LogP contribution in [-0.2, 0) is 4.79 Å². The number of hydrogen-bond acceptors (Lipinski definition) is 3. The lowest BCUT2D eigenvalue weighted by Gasteiger charge is -2.35. The van der Waals surface area contributed by atoms with Gasteiger partial charge >= 0.3 is 0 Å².